The Morgan fingerprint density at radius 2 is 2.23 bits per heavy atom. The summed E-state index contributed by atoms with van der Waals surface area (Å²) in [6, 6.07) is 6.77. The lowest BCUT2D eigenvalue weighted by Crippen LogP contribution is -2.42. The molecule has 116 valence electrons. The molecule has 0 aromatic heterocycles. The summed E-state index contributed by atoms with van der Waals surface area (Å²) in [4.78, 5) is 25.9. The van der Waals surface area contributed by atoms with Crippen molar-refractivity contribution in [1.82, 2.24) is 4.90 Å². The molecule has 2 aliphatic heterocycles. The summed E-state index contributed by atoms with van der Waals surface area (Å²) in [7, 11) is 1.38. The molecule has 0 bridgehead atoms. The van der Waals surface area contributed by atoms with E-state index in [1.165, 1.54) is 18.9 Å². The zero-order valence-corrected chi connectivity index (χ0v) is 13.7. The van der Waals surface area contributed by atoms with Gasteiger partial charge < -0.3 is 4.74 Å². The fraction of sp³-hybridized carbons (Fsp3) is 0.375. The van der Waals surface area contributed by atoms with Crippen LogP contribution in [-0.2, 0) is 14.3 Å². The van der Waals surface area contributed by atoms with Gasteiger partial charge in [0, 0.05) is 23.4 Å². The van der Waals surface area contributed by atoms with E-state index >= 15 is 0 Å². The van der Waals surface area contributed by atoms with Crippen molar-refractivity contribution in [2.45, 2.75) is 17.7 Å². The molecule has 1 unspecified atom stereocenters. The molecule has 6 heteroatoms. The Kier molecular flexibility index (Phi) is 4.57. The number of benzene rings is 1. The minimum atomic E-state index is -0.541. The van der Waals surface area contributed by atoms with Crippen molar-refractivity contribution >= 4 is 34.4 Å². The zero-order valence-electron chi connectivity index (χ0n) is 12.1. The second-order valence-corrected chi connectivity index (χ2v) is 6.97. The summed E-state index contributed by atoms with van der Waals surface area (Å²) in [6.07, 6.45) is 2.54. The van der Waals surface area contributed by atoms with Crippen molar-refractivity contribution in [2.24, 2.45) is 0 Å². The fourth-order valence-corrected chi connectivity index (χ4v) is 4.24. The maximum atomic E-state index is 12.3. The van der Waals surface area contributed by atoms with Gasteiger partial charge in [-0.05, 0) is 29.7 Å². The molecular weight excluding hydrogens is 322 g/mol. The Balaban J connectivity index is 1.91. The van der Waals surface area contributed by atoms with Crippen LogP contribution in [-0.4, -0.2) is 41.4 Å². The predicted octanol–water partition coefficient (Wildman–Crippen LogP) is 2.83. The Morgan fingerprint density at radius 3 is 2.95 bits per heavy atom. The highest BCUT2D eigenvalue weighted by Gasteiger charge is 2.37. The van der Waals surface area contributed by atoms with Crippen LogP contribution in [0.3, 0.4) is 0 Å². The van der Waals surface area contributed by atoms with E-state index in [4.69, 9.17) is 16.3 Å². The molecule has 0 amide bonds. The Labute approximate surface area is 138 Å². The highest BCUT2D eigenvalue weighted by molar-refractivity contribution is 8.15. The summed E-state index contributed by atoms with van der Waals surface area (Å²) >= 11 is 7.64. The number of methoxy groups -OCH3 is 1. The van der Waals surface area contributed by atoms with E-state index in [0.717, 1.165) is 24.1 Å². The molecule has 2 atom stereocenters. The van der Waals surface area contributed by atoms with Gasteiger partial charge in [-0.15, -0.1) is 0 Å². The number of halogens is 1. The number of rotatable bonds is 3. The van der Waals surface area contributed by atoms with Crippen molar-refractivity contribution in [3.8, 4) is 0 Å². The quantitative estimate of drug-likeness (QED) is 0.794. The fourth-order valence-electron chi connectivity index (χ4n) is 2.98. The van der Waals surface area contributed by atoms with E-state index in [9.17, 15) is 9.59 Å². The van der Waals surface area contributed by atoms with Crippen LogP contribution in [0.2, 0.25) is 5.02 Å². The summed E-state index contributed by atoms with van der Waals surface area (Å²) in [5, 5.41) is 0.911. The van der Waals surface area contributed by atoms with E-state index in [1.807, 2.05) is 23.1 Å². The summed E-state index contributed by atoms with van der Waals surface area (Å²) in [6.45, 7) is 1.32. The van der Waals surface area contributed by atoms with Gasteiger partial charge in [0.2, 0.25) is 5.12 Å². The smallest absolute Gasteiger partial charge is 0.327 e. The van der Waals surface area contributed by atoms with Gasteiger partial charge in [0.25, 0.3) is 0 Å². The summed E-state index contributed by atoms with van der Waals surface area (Å²) < 4.78 is 4.98. The molecular formula is C16H16ClNO3S. The highest BCUT2D eigenvalue weighted by Crippen LogP contribution is 2.38. The lowest BCUT2D eigenvalue weighted by atomic mass is 9.98. The molecule has 1 aromatic rings. The predicted molar refractivity (Wildman–Crippen MR) is 86.9 cm³/mol. The van der Waals surface area contributed by atoms with Crippen molar-refractivity contribution in [1.29, 1.82) is 0 Å². The minimum absolute atomic E-state index is 0.106. The Hall–Kier alpha value is -1.30. The van der Waals surface area contributed by atoms with Gasteiger partial charge in [0.15, 0.2) is 0 Å². The molecule has 0 saturated carbocycles. The molecule has 2 heterocycles. The lowest BCUT2D eigenvalue weighted by Gasteiger charge is -2.36. The van der Waals surface area contributed by atoms with Crippen LogP contribution < -0.4 is 0 Å². The number of hydrogen-bond donors (Lipinski definition) is 0. The van der Waals surface area contributed by atoms with E-state index in [2.05, 4.69) is 0 Å². The SMILES string of the molecule is COC(=O)[C@@H](c1ccccc1Cl)N1CCC2SC(=O)C=C2C1. The Bertz CT molecular complexity index is 646. The minimum Gasteiger partial charge on any atom is -0.468 e. The monoisotopic (exact) mass is 337 g/mol. The molecule has 1 saturated heterocycles. The third-order valence-corrected chi connectivity index (χ3v) is 5.55. The number of thioether (sulfide) groups is 1. The van der Waals surface area contributed by atoms with Crippen LogP contribution >= 0.6 is 23.4 Å². The number of esters is 1. The number of nitrogens with zero attached hydrogens (tertiary/aromatic N) is 1. The van der Waals surface area contributed by atoms with Gasteiger partial charge in [0.05, 0.1) is 7.11 Å². The number of carbonyl (C=O) groups is 2. The molecule has 22 heavy (non-hydrogen) atoms. The first-order valence-electron chi connectivity index (χ1n) is 7.07. The number of fused-ring (bicyclic) bond motifs is 1. The van der Waals surface area contributed by atoms with Crippen molar-refractivity contribution in [2.75, 3.05) is 20.2 Å². The van der Waals surface area contributed by atoms with Crippen LogP contribution in [0.4, 0.5) is 0 Å². The molecule has 3 rings (SSSR count). The number of likely N-dealkylation sites (tertiary alicyclic amines) is 1. The maximum Gasteiger partial charge on any atom is 0.327 e. The van der Waals surface area contributed by atoms with Gasteiger partial charge in [-0.2, -0.15) is 0 Å². The van der Waals surface area contributed by atoms with E-state index in [0.29, 0.717) is 11.6 Å². The average molecular weight is 338 g/mol. The van der Waals surface area contributed by atoms with Crippen LogP contribution in [0.1, 0.15) is 18.0 Å². The van der Waals surface area contributed by atoms with E-state index < -0.39 is 6.04 Å². The Morgan fingerprint density at radius 1 is 1.45 bits per heavy atom. The molecule has 4 nitrogen and oxygen atoms in total. The molecule has 0 aliphatic carbocycles. The summed E-state index contributed by atoms with van der Waals surface area (Å²) in [5.41, 5.74) is 1.83. The lowest BCUT2D eigenvalue weighted by molar-refractivity contribution is -0.147. The average Bonchev–Trinajstić information content (AvgIpc) is 2.88. The maximum absolute atomic E-state index is 12.3. The second kappa shape index (κ2) is 6.44. The van der Waals surface area contributed by atoms with Crippen LogP contribution in [0.5, 0.6) is 0 Å². The zero-order chi connectivity index (χ0) is 15.7. The van der Waals surface area contributed by atoms with Gasteiger partial charge in [-0.1, -0.05) is 41.6 Å². The first kappa shape index (κ1) is 15.6. The standard InChI is InChI=1S/C16H16ClNO3S/c1-21-16(20)15(11-4-2-3-5-12(11)17)18-7-6-13-10(9-18)8-14(19)22-13/h2-5,8,13,15H,6-7,9H2,1H3/t13?,15-/m1/s1. The second-order valence-electron chi connectivity index (χ2n) is 5.35. The van der Waals surface area contributed by atoms with Gasteiger partial charge in [-0.25, -0.2) is 4.79 Å². The third-order valence-electron chi connectivity index (χ3n) is 4.03. The normalized spacial score (nSPS) is 22.9. The topological polar surface area (TPSA) is 46.6 Å². The van der Waals surface area contributed by atoms with Crippen LogP contribution in [0, 0.1) is 0 Å². The van der Waals surface area contributed by atoms with Crippen molar-refractivity contribution in [3.05, 3.63) is 46.5 Å². The highest BCUT2D eigenvalue weighted by atomic mass is 35.5. The molecule has 1 aromatic carbocycles. The molecule has 0 spiro atoms. The van der Waals surface area contributed by atoms with Gasteiger partial charge in [0.1, 0.15) is 6.04 Å². The number of piperidine rings is 1. The molecule has 2 aliphatic rings. The summed E-state index contributed by atoms with van der Waals surface area (Å²) in [5.74, 6) is -0.330. The van der Waals surface area contributed by atoms with Gasteiger partial charge in [-0.3, -0.25) is 9.69 Å². The molecule has 0 N–H and O–H groups in total. The molecule has 0 radical (unpaired) electrons. The number of ether oxygens (including phenoxy) is 1. The van der Waals surface area contributed by atoms with Crippen molar-refractivity contribution in [3.63, 3.8) is 0 Å². The first-order chi connectivity index (χ1) is 10.6. The van der Waals surface area contributed by atoms with Crippen LogP contribution in [0.25, 0.3) is 0 Å². The van der Waals surface area contributed by atoms with Gasteiger partial charge >= 0.3 is 5.97 Å². The first-order valence-corrected chi connectivity index (χ1v) is 8.33. The van der Waals surface area contributed by atoms with Crippen molar-refractivity contribution < 1.29 is 14.3 Å². The number of carbonyl (C=O) groups excluding carboxylic acids is 2. The molecule has 1 fully saturated rings. The largest absolute Gasteiger partial charge is 0.468 e. The van der Waals surface area contributed by atoms with E-state index in [1.54, 1.807) is 12.1 Å². The van der Waals surface area contributed by atoms with Crippen LogP contribution in [0.15, 0.2) is 35.9 Å². The third kappa shape index (κ3) is 2.93. The van der Waals surface area contributed by atoms with E-state index in [-0.39, 0.29) is 16.3 Å². The number of hydrogen-bond acceptors (Lipinski definition) is 5.